The number of nitrogens with zero attached hydrogens (tertiary/aromatic N) is 3. The van der Waals surface area contributed by atoms with Gasteiger partial charge in [0.25, 0.3) is 0 Å². The van der Waals surface area contributed by atoms with Crippen LogP contribution in [0.3, 0.4) is 0 Å². The number of ether oxygens (including phenoxy) is 1. The Morgan fingerprint density at radius 3 is 2.76 bits per heavy atom. The molecule has 0 aliphatic rings. The van der Waals surface area contributed by atoms with Gasteiger partial charge < -0.3 is 9.72 Å². The van der Waals surface area contributed by atoms with Crippen molar-refractivity contribution in [1.29, 1.82) is 0 Å². The zero-order chi connectivity index (χ0) is 20.8. The largest absolute Gasteiger partial charge is 0.495 e. The number of rotatable bonds is 3. The maximum absolute atomic E-state index is 12.9. The van der Waals surface area contributed by atoms with Crippen molar-refractivity contribution in [2.45, 2.75) is 6.18 Å². The van der Waals surface area contributed by atoms with E-state index in [-0.39, 0.29) is 22.6 Å². The van der Waals surface area contributed by atoms with Gasteiger partial charge in [0, 0.05) is 28.4 Å². The second-order valence-electron chi connectivity index (χ2n) is 4.74. The lowest BCUT2D eigenvalue weighted by Crippen LogP contribution is -2.06. The number of hydrogen-bond donors (Lipinski definition) is 1. The van der Waals surface area contributed by atoms with Crippen LogP contribution in [0.1, 0.15) is 9.81 Å². The zero-order valence-electron chi connectivity index (χ0n) is 15.4. The molecule has 1 aromatic carbocycles. The summed E-state index contributed by atoms with van der Waals surface area (Å²) in [5.74, 6) is 0.0682. The predicted octanol–water partition coefficient (Wildman–Crippen LogP) is 3.30. The van der Waals surface area contributed by atoms with Crippen LogP contribution in [-0.2, 0) is 6.18 Å². The number of aromatic nitrogens is 4. The third kappa shape index (κ3) is 3.36. The molecule has 6 nitrogen and oxygen atoms in total. The second-order valence-corrected chi connectivity index (χ2v) is 5.12. The molecular weight excluding hydrogens is 361 g/mol. The molecule has 2 aromatic heterocycles. The van der Waals surface area contributed by atoms with E-state index in [4.69, 9.17) is 20.5 Å². The van der Waals surface area contributed by atoms with Gasteiger partial charge in [0.1, 0.15) is 5.75 Å². The average molecular weight is 374 g/mol. The fourth-order valence-corrected chi connectivity index (χ4v) is 2.21. The van der Waals surface area contributed by atoms with Crippen LogP contribution in [0, 0.1) is 0 Å². The molecule has 0 amide bonds. The molecule has 10 heteroatoms. The van der Waals surface area contributed by atoms with Crippen molar-refractivity contribution in [3.8, 4) is 22.6 Å². The number of alkyl halides is 3. The molecule has 1 N–H and O–H groups in total. The first-order valence-electron chi connectivity index (χ1n) is 8.12. The first kappa shape index (κ1) is 13.5. The van der Waals surface area contributed by atoms with Crippen LogP contribution >= 0.6 is 11.6 Å². The molecule has 0 saturated carbocycles. The minimum Gasteiger partial charge on any atom is -0.495 e. The number of halogens is 4. The van der Waals surface area contributed by atoms with E-state index in [1.165, 1.54) is 13.3 Å². The third-order valence-corrected chi connectivity index (χ3v) is 3.34. The molecule has 2 heterocycles. The average Bonchev–Trinajstić information content (AvgIpc) is 3.13. The van der Waals surface area contributed by atoms with Crippen molar-refractivity contribution >= 4 is 11.6 Å². The Bertz CT molecular complexity index is 1130. The molecule has 3 rings (SSSR count). The molecule has 0 unspecified atom stereocenters. The number of methoxy groups -OCH3 is 1. The van der Waals surface area contributed by atoms with Crippen molar-refractivity contribution in [2.24, 2.45) is 0 Å². The van der Waals surface area contributed by atoms with Crippen molar-refractivity contribution < 1.29 is 22.0 Å². The summed E-state index contributed by atoms with van der Waals surface area (Å²) in [5.41, 5.74) is -2.50. The van der Waals surface area contributed by atoms with Gasteiger partial charge in [-0.1, -0.05) is 16.8 Å². The van der Waals surface area contributed by atoms with Crippen molar-refractivity contribution in [2.75, 3.05) is 7.11 Å². The highest BCUT2D eigenvalue weighted by Gasteiger charge is 2.34. The lowest BCUT2D eigenvalue weighted by molar-refractivity contribution is -0.141. The van der Waals surface area contributed by atoms with Gasteiger partial charge in [-0.2, -0.15) is 13.2 Å². The lowest BCUT2D eigenvalue weighted by Gasteiger charge is -2.13. The summed E-state index contributed by atoms with van der Waals surface area (Å²) in [7, 11) is 1.28. The van der Waals surface area contributed by atoms with Gasteiger partial charge in [0.05, 0.1) is 23.1 Å². The summed E-state index contributed by atoms with van der Waals surface area (Å²) < 4.78 is 68.8. The van der Waals surface area contributed by atoms with Crippen LogP contribution in [0.2, 0.25) is 5.02 Å². The van der Waals surface area contributed by atoms with E-state index < -0.39 is 40.6 Å². The molecule has 0 fully saturated rings. The van der Waals surface area contributed by atoms with Crippen LogP contribution in [0.5, 0.6) is 5.75 Å². The Hall–Kier alpha value is -2.81. The fraction of sp³-hybridized carbons (Fsp3) is 0.133. The highest BCUT2D eigenvalue weighted by Crippen LogP contribution is 2.35. The molecule has 130 valence electrons. The van der Waals surface area contributed by atoms with Gasteiger partial charge >= 0.3 is 6.18 Å². The fourth-order valence-electron chi connectivity index (χ4n) is 2.07. The Balaban J connectivity index is 2.43. The monoisotopic (exact) mass is 373 g/mol. The molecule has 25 heavy (non-hydrogen) atoms. The van der Waals surface area contributed by atoms with Gasteiger partial charge in [-0.3, -0.25) is 4.79 Å². The van der Waals surface area contributed by atoms with Gasteiger partial charge in [-0.15, -0.1) is 5.10 Å². The van der Waals surface area contributed by atoms with Gasteiger partial charge in [-0.05, 0) is 18.1 Å². The molecule has 0 spiro atoms. The van der Waals surface area contributed by atoms with Crippen LogP contribution in [0.15, 0.2) is 41.4 Å². The normalized spacial score (nSPS) is 13.2. The highest BCUT2D eigenvalue weighted by atomic mass is 35.5. The Kier molecular flexibility index (Phi) is 3.37. The van der Waals surface area contributed by atoms with Crippen molar-refractivity contribution in [3.63, 3.8) is 0 Å². The maximum atomic E-state index is 12.9. The molecule has 0 aliphatic heterocycles. The van der Waals surface area contributed by atoms with E-state index in [2.05, 4.69) is 15.3 Å². The molecule has 0 saturated heterocycles. The Morgan fingerprint density at radius 2 is 2.12 bits per heavy atom. The summed E-state index contributed by atoms with van der Waals surface area (Å²) >= 11 is 5.96. The van der Waals surface area contributed by atoms with Crippen LogP contribution < -0.4 is 10.3 Å². The predicted molar refractivity (Wildman–Crippen MR) is 84.0 cm³/mol. The van der Waals surface area contributed by atoms with Gasteiger partial charge in [0.2, 0.25) is 5.56 Å². The summed E-state index contributed by atoms with van der Waals surface area (Å²) in [5, 5.41) is 6.00. The number of hydrogen-bond acceptors (Lipinski definition) is 4. The molecule has 0 aliphatic carbocycles. The summed E-state index contributed by atoms with van der Waals surface area (Å²) in [4.78, 5) is 14.2. The third-order valence-electron chi connectivity index (χ3n) is 3.15. The number of nitrogens with one attached hydrogen (secondary N) is 1. The van der Waals surface area contributed by atoms with Gasteiger partial charge in [-0.25, -0.2) is 4.68 Å². The summed E-state index contributed by atoms with van der Waals surface area (Å²) in [6, 6.07) is -0.627. The smallest absolute Gasteiger partial charge is 0.436 e. The Labute approximate surface area is 148 Å². The Morgan fingerprint density at radius 1 is 1.36 bits per heavy atom. The SMILES string of the molecule is [2H]c1c([2H])c(-n2cc(C(F)(F)F)nn2)c(-c2cc(=O)[nH]cc2OC)c([2H])c1Cl. The minimum atomic E-state index is -4.79. The first-order chi connectivity index (χ1) is 13.1. The van der Waals surface area contributed by atoms with E-state index in [1.54, 1.807) is 0 Å². The molecule has 3 aromatic rings. The summed E-state index contributed by atoms with van der Waals surface area (Å²) in [6.45, 7) is 0. The topological polar surface area (TPSA) is 72.8 Å². The standard InChI is InChI=1S/C15H10ClF3N4O2/c1-25-12-6-20-14(24)5-10(12)9-4-8(16)2-3-11(9)23-7-13(21-22-23)15(17,18)19/h2-7H,1H3,(H,20,24)/i2D,3D,4D. The van der Waals surface area contributed by atoms with Crippen molar-refractivity contribution in [1.82, 2.24) is 20.0 Å². The van der Waals surface area contributed by atoms with E-state index in [0.29, 0.717) is 10.9 Å². The molecule has 0 atom stereocenters. The summed E-state index contributed by atoms with van der Waals surface area (Å²) in [6.07, 6.45) is -3.08. The van der Waals surface area contributed by atoms with E-state index in [9.17, 15) is 18.0 Å². The van der Waals surface area contributed by atoms with E-state index in [0.717, 1.165) is 6.07 Å². The van der Waals surface area contributed by atoms with Crippen LogP contribution in [0.25, 0.3) is 16.8 Å². The minimum absolute atomic E-state index is 0.00860. The lowest BCUT2D eigenvalue weighted by atomic mass is 10.0. The molecule has 0 radical (unpaired) electrons. The van der Waals surface area contributed by atoms with Crippen LogP contribution in [0.4, 0.5) is 13.2 Å². The zero-order valence-corrected chi connectivity index (χ0v) is 13.2. The molecular formula is C15H10ClF3N4O2. The van der Waals surface area contributed by atoms with Gasteiger partial charge in [0.15, 0.2) is 5.69 Å². The molecule has 0 bridgehead atoms. The van der Waals surface area contributed by atoms with E-state index >= 15 is 0 Å². The van der Waals surface area contributed by atoms with E-state index in [1.807, 2.05) is 0 Å². The maximum Gasteiger partial charge on any atom is 0.436 e. The number of pyridine rings is 1. The first-order valence-corrected chi connectivity index (χ1v) is 7.00. The number of benzene rings is 1. The number of aromatic amines is 1. The number of H-pyrrole nitrogens is 1. The highest BCUT2D eigenvalue weighted by molar-refractivity contribution is 6.31. The van der Waals surface area contributed by atoms with Crippen molar-refractivity contribution in [3.05, 3.63) is 57.7 Å². The quantitative estimate of drug-likeness (QED) is 0.764. The van der Waals surface area contributed by atoms with Crippen LogP contribution in [-0.4, -0.2) is 27.1 Å². The second kappa shape index (κ2) is 6.25.